The number of allylic oxidation sites excluding steroid dienone is 1. The minimum absolute atomic E-state index is 0.00456. The van der Waals surface area contributed by atoms with E-state index in [-0.39, 0.29) is 16.7 Å². The molecular weight excluding hydrogens is 290 g/mol. The number of hydrogen-bond donors (Lipinski definition) is 0. The zero-order chi connectivity index (χ0) is 14.9. The third-order valence-corrected chi connectivity index (χ3v) is 3.11. The Hall–Kier alpha value is -1.76. The summed E-state index contributed by atoms with van der Waals surface area (Å²) in [6, 6.07) is 4.58. The lowest BCUT2D eigenvalue weighted by molar-refractivity contribution is -0.461. The molecule has 1 aromatic carbocycles. The molecule has 0 unspecified atom stereocenters. The van der Waals surface area contributed by atoms with E-state index in [4.69, 9.17) is 16.3 Å². The molecule has 0 aromatic heterocycles. The first kappa shape index (κ1) is 14.6. The van der Waals surface area contributed by atoms with Gasteiger partial charge >= 0.3 is 7.11 Å². The van der Waals surface area contributed by atoms with Crippen molar-refractivity contribution in [1.82, 2.24) is 0 Å². The number of methoxy groups -OCH3 is 1. The van der Waals surface area contributed by atoms with Gasteiger partial charge in [0.15, 0.2) is 0 Å². The van der Waals surface area contributed by atoms with Gasteiger partial charge in [-0.2, -0.15) is 0 Å². The van der Waals surface area contributed by atoms with E-state index in [1.54, 1.807) is 30.8 Å². The predicted molar refractivity (Wildman–Crippen MR) is 73.6 cm³/mol. The zero-order valence-electron chi connectivity index (χ0n) is 11.2. The highest BCUT2D eigenvalue weighted by Crippen LogP contribution is 2.39. The minimum atomic E-state index is -4.43. The molecule has 20 heavy (non-hydrogen) atoms. The molecule has 2 rings (SSSR count). The Morgan fingerprint density at radius 3 is 2.65 bits per heavy atom. The Kier molecular flexibility index (Phi) is 3.90. The maximum atomic E-state index is 13.5. The molecule has 0 saturated heterocycles. The van der Waals surface area contributed by atoms with E-state index >= 15 is 0 Å². The van der Waals surface area contributed by atoms with Gasteiger partial charge in [-0.25, -0.2) is 4.58 Å². The van der Waals surface area contributed by atoms with E-state index < -0.39 is 7.11 Å². The Balaban J connectivity index is 2.54. The van der Waals surface area contributed by atoms with Gasteiger partial charge in [0.05, 0.1) is 30.3 Å². The fourth-order valence-corrected chi connectivity index (χ4v) is 1.76. The molecule has 0 bridgehead atoms. The molecule has 8 heteroatoms. The van der Waals surface area contributed by atoms with Crippen LogP contribution in [-0.2, 0) is 4.65 Å². The molecule has 1 heterocycles. The Morgan fingerprint density at radius 1 is 1.35 bits per heavy atom. The predicted octanol–water partition coefficient (Wildman–Crippen LogP) is 2.73. The quantitative estimate of drug-likeness (QED) is 0.478. The fourth-order valence-electron chi connectivity index (χ4n) is 1.66. The summed E-state index contributed by atoms with van der Waals surface area (Å²) in [4.78, 5) is 0. The number of fused-ring (bicyclic) bond motifs is 1. The van der Waals surface area contributed by atoms with E-state index in [1.165, 1.54) is 19.3 Å². The van der Waals surface area contributed by atoms with Crippen LogP contribution in [0.3, 0.4) is 0 Å². The van der Waals surface area contributed by atoms with Crippen LogP contribution in [0.5, 0.6) is 11.5 Å². The van der Waals surface area contributed by atoms with Crippen LogP contribution in [0.2, 0.25) is 0 Å². The summed E-state index contributed by atoms with van der Waals surface area (Å²) in [6.07, 6.45) is 1.32. The topological polar surface area (TPSA) is 30.7 Å². The molecule has 0 radical (unpaired) electrons. The van der Waals surface area contributed by atoms with Crippen LogP contribution in [-0.4, -0.2) is 38.1 Å². The van der Waals surface area contributed by atoms with Crippen molar-refractivity contribution in [3.63, 3.8) is 0 Å². The van der Waals surface area contributed by atoms with Crippen LogP contribution in [0.15, 0.2) is 24.3 Å². The number of hydrogen-bond acceptors (Lipinski definition) is 3. The Bertz CT molecular complexity index is 600. The van der Waals surface area contributed by atoms with Gasteiger partial charge in [-0.15, -0.1) is 0 Å². The summed E-state index contributed by atoms with van der Waals surface area (Å²) in [5, 5.41) is 0.260. The van der Waals surface area contributed by atoms with Gasteiger partial charge in [-0.3, -0.25) is 0 Å². The van der Waals surface area contributed by atoms with Crippen molar-refractivity contribution >= 4 is 29.6 Å². The first-order valence-electron chi connectivity index (χ1n) is 5.80. The third kappa shape index (κ3) is 3.04. The third-order valence-electron chi connectivity index (χ3n) is 2.66. The molecule has 4 nitrogen and oxygen atoms in total. The van der Waals surface area contributed by atoms with Crippen molar-refractivity contribution in [3.8, 4) is 11.5 Å². The standard InChI is InChI=1S/C12H13BClF2NO3/c1-17(2)12(14)7-11-9-5-4-8(18-3)6-10(9)19-13(15,16)20-11/h4-7H,1-3H3/b11-7-. The molecule has 0 atom stereocenters. The Labute approximate surface area is 120 Å². The number of benzene rings is 1. The Morgan fingerprint density at radius 2 is 2.05 bits per heavy atom. The molecule has 0 spiro atoms. The van der Waals surface area contributed by atoms with Gasteiger partial charge in [0.25, 0.3) is 5.17 Å². The first-order valence-corrected chi connectivity index (χ1v) is 6.18. The van der Waals surface area contributed by atoms with Crippen molar-refractivity contribution in [1.29, 1.82) is 0 Å². The second-order valence-corrected chi connectivity index (χ2v) is 4.75. The highest BCUT2D eigenvalue weighted by atomic mass is 35.5. The normalized spacial score (nSPS) is 17.8. The smallest absolute Gasteiger partial charge is 0.627 e. The van der Waals surface area contributed by atoms with E-state index in [1.807, 2.05) is 0 Å². The number of halogens is 3. The summed E-state index contributed by atoms with van der Waals surface area (Å²) in [7, 11) is 0.394. The number of ether oxygens (including phenoxy) is 1. The molecule has 1 aliphatic rings. The second kappa shape index (κ2) is 5.32. The van der Waals surface area contributed by atoms with Crippen LogP contribution in [0.25, 0.3) is 5.76 Å². The van der Waals surface area contributed by atoms with Gasteiger partial charge in [-0.05, 0) is 23.7 Å². The molecule has 1 aromatic rings. The molecule has 0 aliphatic carbocycles. The van der Waals surface area contributed by atoms with Crippen molar-refractivity contribution in [3.05, 3.63) is 29.8 Å². The highest BCUT2D eigenvalue weighted by Gasteiger charge is 2.39. The van der Waals surface area contributed by atoms with Crippen LogP contribution in [0, 0.1) is 0 Å². The summed E-state index contributed by atoms with van der Waals surface area (Å²) in [5.74, 6) is 0.368. The largest absolute Gasteiger partial charge is 0.725 e. The summed E-state index contributed by atoms with van der Waals surface area (Å²) in [6.45, 7) is 0. The average molecular weight is 304 g/mol. The monoisotopic (exact) mass is 303 g/mol. The lowest BCUT2D eigenvalue weighted by atomic mass is 10.0. The SMILES string of the molecule is COc1ccc2c(c1)O[B-](F)(F)O/C2=C\C(Cl)=[N+](C)C. The van der Waals surface area contributed by atoms with E-state index in [9.17, 15) is 8.63 Å². The van der Waals surface area contributed by atoms with E-state index in [0.717, 1.165) is 0 Å². The van der Waals surface area contributed by atoms with Crippen molar-refractivity contribution in [2.24, 2.45) is 0 Å². The lowest BCUT2D eigenvalue weighted by Gasteiger charge is -2.35. The molecular formula is C12H13BClF2NO3. The van der Waals surface area contributed by atoms with Gasteiger partial charge in [0, 0.05) is 6.07 Å². The van der Waals surface area contributed by atoms with Crippen molar-refractivity contribution in [2.75, 3.05) is 21.2 Å². The van der Waals surface area contributed by atoms with Crippen LogP contribution in [0.1, 0.15) is 5.56 Å². The maximum Gasteiger partial charge on any atom is 0.725 e. The fraction of sp³-hybridized carbons (Fsp3) is 0.250. The van der Waals surface area contributed by atoms with Crippen LogP contribution < -0.4 is 9.39 Å². The molecule has 0 N–H and O–H groups in total. The van der Waals surface area contributed by atoms with Gasteiger partial charge < -0.3 is 22.7 Å². The van der Waals surface area contributed by atoms with Crippen LogP contribution >= 0.6 is 11.6 Å². The van der Waals surface area contributed by atoms with E-state index in [2.05, 4.69) is 9.31 Å². The van der Waals surface area contributed by atoms with Crippen molar-refractivity contribution < 1.29 is 27.3 Å². The molecule has 0 saturated carbocycles. The van der Waals surface area contributed by atoms with Crippen LogP contribution in [0.4, 0.5) is 8.63 Å². The number of rotatable bonds is 2. The van der Waals surface area contributed by atoms with Gasteiger partial charge in [0.2, 0.25) is 0 Å². The summed E-state index contributed by atoms with van der Waals surface area (Å²) >= 11 is 5.95. The average Bonchev–Trinajstić information content (AvgIpc) is 2.36. The maximum absolute atomic E-state index is 13.5. The second-order valence-electron chi connectivity index (χ2n) is 4.36. The highest BCUT2D eigenvalue weighted by molar-refractivity contribution is 6.67. The molecule has 0 fully saturated rings. The summed E-state index contributed by atoms with van der Waals surface area (Å²) < 4.78 is 42.7. The molecule has 108 valence electrons. The lowest BCUT2D eigenvalue weighted by Crippen LogP contribution is -2.38. The van der Waals surface area contributed by atoms with Crippen molar-refractivity contribution in [2.45, 2.75) is 0 Å². The van der Waals surface area contributed by atoms with Gasteiger partial charge in [-0.1, -0.05) is 0 Å². The van der Waals surface area contributed by atoms with E-state index in [0.29, 0.717) is 11.3 Å². The zero-order valence-corrected chi connectivity index (χ0v) is 11.9. The minimum Gasteiger partial charge on any atom is -0.627 e. The van der Waals surface area contributed by atoms with Gasteiger partial charge in [0.1, 0.15) is 19.8 Å². The summed E-state index contributed by atoms with van der Waals surface area (Å²) in [5.41, 5.74) is 0.388. The first-order chi connectivity index (χ1) is 9.32. The molecule has 1 aliphatic heterocycles. The number of nitrogens with zero attached hydrogens (tertiary/aromatic N) is 1. The molecule has 0 amide bonds.